The van der Waals surface area contributed by atoms with Crippen LogP contribution in [0.2, 0.25) is 0 Å². The van der Waals surface area contributed by atoms with Crippen molar-refractivity contribution in [1.82, 2.24) is 9.97 Å². The van der Waals surface area contributed by atoms with Crippen molar-refractivity contribution in [3.05, 3.63) is 94.6 Å². The third-order valence-corrected chi connectivity index (χ3v) is 6.16. The Morgan fingerprint density at radius 3 is 2.54 bits per heavy atom. The van der Waals surface area contributed by atoms with E-state index in [1.54, 1.807) is 18.2 Å². The predicted molar refractivity (Wildman–Crippen MR) is 134 cm³/mol. The summed E-state index contributed by atoms with van der Waals surface area (Å²) in [6.07, 6.45) is 0. The molecule has 1 amide bonds. The smallest absolute Gasteiger partial charge is 0.302 e. The fourth-order valence-corrected chi connectivity index (χ4v) is 4.50. The third-order valence-electron chi connectivity index (χ3n) is 6.16. The number of benzene rings is 3. The van der Waals surface area contributed by atoms with Crippen LogP contribution >= 0.6 is 0 Å². The molecule has 176 valence electrons. The van der Waals surface area contributed by atoms with Crippen molar-refractivity contribution in [2.45, 2.75) is 26.8 Å². The molecule has 2 N–H and O–H groups in total. The van der Waals surface area contributed by atoms with Gasteiger partial charge in [-0.15, -0.1) is 0 Å². The van der Waals surface area contributed by atoms with E-state index in [0.29, 0.717) is 29.0 Å². The number of ether oxygens (including phenoxy) is 1. The Bertz CT molecular complexity index is 1490. The minimum absolute atomic E-state index is 0.0152. The van der Waals surface area contributed by atoms with E-state index >= 15 is 0 Å². The molecule has 0 saturated carbocycles. The first kappa shape index (κ1) is 22.4. The summed E-state index contributed by atoms with van der Waals surface area (Å²) in [7, 11) is 0. The number of ketones is 1. The van der Waals surface area contributed by atoms with Crippen LogP contribution in [0, 0.1) is 13.8 Å². The lowest BCUT2D eigenvalue weighted by atomic mass is 9.95. The molecule has 2 heterocycles. The molecule has 0 bridgehead atoms. The summed E-state index contributed by atoms with van der Waals surface area (Å²) in [5, 5.41) is 11.3. The van der Waals surface area contributed by atoms with Gasteiger partial charge in [-0.05, 0) is 67.8 Å². The van der Waals surface area contributed by atoms with E-state index in [-0.39, 0.29) is 17.3 Å². The zero-order valence-electron chi connectivity index (χ0n) is 19.7. The Balaban J connectivity index is 1.69. The number of anilines is 1. The Morgan fingerprint density at radius 2 is 1.83 bits per heavy atom. The highest BCUT2D eigenvalue weighted by atomic mass is 16.5. The highest BCUT2D eigenvalue weighted by molar-refractivity contribution is 6.51. The van der Waals surface area contributed by atoms with Gasteiger partial charge in [0.05, 0.1) is 29.3 Å². The average Bonchev–Trinajstić information content (AvgIpc) is 3.38. The molecule has 1 aliphatic rings. The number of aromatic amines is 1. The number of nitrogens with one attached hydrogen (secondary N) is 1. The van der Waals surface area contributed by atoms with E-state index in [9.17, 15) is 14.7 Å². The van der Waals surface area contributed by atoms with Gasteiger partial charge in [-0.25, -0.2) is 4.98 Å². The van der Waals surface area contributed by atoms with Gasteiger partial charge in [-0.1, -0.05) is 36.4 Å². The van der Waals surface area contributed by atoms with E-state index in [0.717, 1.165) is 16.6 Å². The summed E-state index contributed by atoms with van der Waals surface area (Å²) in [4.78, 5) is 35.8. The number of Topliss-reactive ketones (excluding diaryl/α,β-unsaturated/α-hetero) is 1. The molecule has 1 unspecified atom stereocenters. The van der Waals surface area contributed by atoms with Gasteiger partial charge in [-0.3, -0.25) is 14.5 Å². The summed E-state index contributed by atoms with van der Waals surface area (Å²) in [5.74, 6) is -0.804. The number of amides is 1. The minimum Gasteiger partial charge on any atom is -0.507 e. The van der Waals surface area contributed by atoms with Crippen molar-refractivity contribution in [3.63, 3.8) is 0 Å². The highest BCUT2D eigenvalue weighted by Gasteiger charge is 2.48. The zero-order chi connectivity index (χ0) is 24.7. The van der Waals surface area contributed by atoms with Crippen molar-refractivity contribution in [3.8, 4) is 5.75 Å². The van der Waals surface area contributed by atoms with E-state index in [1.807, 2.05) is 69.3 Å². The van der Waals surface area contributed by atoms with Crippen LogP contribution in [0.25, 0.3) is 16.8 Å². The van der Waals surface area contributed by atoms with E-state index in [4.69, 9.17) is 4.74 Å². The minimum atomic E-state index is -0.843. The van der Waals surface area contributed by atoms with E-state index in [2.05, 4.69) is 9.97 Å². The molecule has 0 spiro atoms. The summed E-state index contributed by atoms with van der Waals surface area (Å²) in [6.45, 7) is 6.25. The largest absolute Gasteiger partial charge is 0.507 e. The number of rotatable bonds is 5. The zero-order valence-corrected chi connectivity index (χ0v) is 19.7. The van der Waals surface area contributed by atoms with Crippen molar-refractivity contribution >= 4 is 34.4 Å². The molecule has 1 atom stereocenters. The van der Waals surface area contributed by atoms with Crippen LogP contribution in [0.5, 0.6) is 5.75 Å². The lowest BCUT2D eigenvalue weighted by Gasteiger charge is -2.23. The topological polar surface area (TPSA) is 95.5 Å². The Labute approximate surface area is 202 Å². The molecule has 3 aromatic carbocycles. The molecule has 5 rings (SSSR count). The lowest BCUT2D eigenvalue weighted by Crippen LogP contribution is -2.30. The molecule has 7 nitrogen and oxygen atoms in total. The maximum absolute atomic E-state index is 13.3. The van der Waals surface area contributed by atoms with Crippen molar-refractivity contribution in [2.24, 2.45) is 0 Å². The van der Waals surface area contributed by atoms with Gasteiger partial charge in [0, 0.05) is 5.56 Å². The first-order valence-electron chi connectivity index (χ1n) is 11.4. The second kappa shape index (κ2) is 8.76. The van der Waals surface area contributed by atoms with Gasteiger partial charge >= 0.3 is 5.91 Å². The lowest BCUT2D eigenvalue weighted by molar-refractivity contribution is -0.132. The molecule has 1 aromatic heterocycles. The maximum atomic E-state index is 13.3. The van der Waals surface area contributed by atoms with Gasteiger partial charge in [0.15, 0.2) is 0 Å². The summed E-state index contributed by atoms with van der Waals surface area (Å²) in [6, 6.07) is 19.3. The van der Waals surface area contributed by atoms with Gasteiger partial charge in [0.25, 0.3) is 5.78 Å². The SMILES string of the molecule is CCOc1ccc(/C(O)=C2\C(=O)C(=O)N(c3nc4ccc(C)cc4[nH]3)C2c2ccccc2)cc1C. The normalized spacial score (nSPS) is 17.3. The molecule has 1 saturated heterocycles. The standard InChI is InChI=1S/C28H25N3O4/c1-4-35-22-13-11-19(15-17(22)3)25(32)23-24(18-8-6-5-7-9-18)31(27(34)26(23)33)28-29-20-12-10-16(2)14-21(20)30-28/h5-15,24,32H,4H2,1-3H3,(H,29,30)/b25-23+. The summed E-state index contributed by atoms with van der Waals surface area (Å²) >= 11 is 0. The average molecular weight is 468 g/mol. The quantitative estimate of drug-likeness (QED) is 0.239. The van der Waals surface area contributed by atoms with E-state index in [1.165, 1.54) is 4.90 Å². The molecular weight excluding hydrogens is 442 g/mol. The maximum Gasteiger partial charge on any atom is 0.302 e. The van der Waals surface area contributed by atoms with Gasteiger partial charge in [-0.2, -0.15) is 0 Å². The van der Waals surface area contributed by atoms with Crippen molar-refractivity contribution in [2.75, 3.05) is 11.5 Å². The molecular formula is C28H25N3O4. The number of carbonyl (C=O) groups excluding carboxylic acids is 2. The monoisotopic (exact) mass is 467 g/mol. The number of aliphatic hydroxyl groups is 1. The van der Waals surface area contributed by atoms with Gasteiger partial charge < -0.3 is 14.8 Å². The third kappa shape index (κ3) is 3.85. The molecule has 0 aliphatic carbocycles. The number of imidazole rings is 1. The number of aryl methyl sites for hydroxylation is 2. The number of H-pyrrole nitrogens is 1. The second-order valence-corrected chi connectivity index (χ2v) is 8.57. The molecule has 0 radical (unpaired) electrons. The van der Waals surface area contributed by atoms with Crippen molar-refractivity contribution < 1.29 is 19.4 Å². The number of hydrogen-bond donors (Lipinski definition) is 2. The van der Waals surface area contributed by atoms with Crippen LogP contribution in [0.1, 0.15) is 35.2 Å². The van der Waals surface area contributed by atoms with Crippen LogP contribution < -0.4 is 9.64 Å². The fraction of sp³-hybridized carbons (Fsp3) is 0.179. The van der Waals surface area contributed by atoms with Crippen LogP contribution in [-0.2, 0) is 9.59 Å². The van der Waals surface area contributed by atoms with Gasteiger partial charge in [0.1, 0.15) is 11.5 Å². The van der Waals surface area contributed by atoms with Crippen LogP contribution in [0.4, 0.5) is 5.95 Å². The number of aromatic nitrogens is 2. The van der Waals surface area contributed by atoms with Gasteiger partial charge in [0.2, 0.25) is 5.95 Å². The molecule has 35 heavy (non-hydrogen) atoms. The Hall–Kier alpha value is -4.39. The predicted octanol–water partition coefficient (Wildman–Crippen LogP) is 5.20. The first-order chi connectivity index (χ1) is 16.9. The Morgan fingerprint density at radius 1 is 1.06 bits per heavy atom. The number of aliphatic hydroxyl groups excluding tert-OH is 1. The summed E-state index contributed by atoms with van der Waals surface area (Å²) < 4.78 is 5.60. The van der Waals surface area contributed by atoms with Crippen LogP contribution in [-0.4, -0.2) is 33.4 Å². The Kier molecular flexibility index (Phi) is 5.61. The molecule has 1 aliphatic heterocycles. The van der Waals surface area contributed by atoms with E-state index < -0.39 is 17.7 Å². The first-order valence-corrected chi connectivity index (χ1v) is 11.4. The second-order valence-electron chi connectivity index (χ2n) is 8.57. The number of hydrogen-bond acceptors (Lipinski definition) is 5. The molecule has 4 aromatic rings. The number of carbonyl (C=O) groups is 2. The van der Waals surface area contributed by atoms with Crippen LogP contribution in [0.15, 0.2) is 72.3 Å². The summed E-state index contributed by atoms with van der Waals surface area (Å²) in [5.41, 5.74) is 4.44. The fourth-order valence-electron chi connectivity index (χ4n) is 4.50. The highest BCUT2D eigenvalue weighted by Crippen LogP contribution is 2.42. The molecule has 1 fully saturated rings. The van der Waals surface area contributed by atoms with Crippen LogP contribution in [0.3, 0.4) is 0 Å². The number of nitrogens with zero attached hydrogens (tertiary/aromatic N) is 2. The number of fused-ring (bicyclic) bond motifs is 1. The van der Waals surface area contributed by atoms with Crippen molar-refractivity contribution in [1.29, 1.82) is 0 Å². The molecule has 7 heteroatoms.